The Balaban J connectivity index is 1.86. The van der Waals surface area contributed by atoms with E-state index >= 15 is 0 Å². The van der Waals surface area contributed by atoms with Crippen LogP contribution < -0.4 is 9.64 Å². The van der Waals surface area contributed by atoms with Crippen LogP contribution in [0.1, 0.15) is 5.56 Å². The zero-order chi connectivity index (χ0) is 12.5. The molecule has 0 unspecified atom stereocenters. The van der Waals surface area contributed by atoms with Crippen molar-refractivity contribution < 1.29 is 14.9 Å². The summed E-state index contributed by atoms with van der Waals surface area (Å²) >= 11 is 0. The lowest BCUT2D eigenvalue weighted by molar-refractivity contribution is 0.287. The van der Waals surface area contributed by atoms with Gasteiger partial charge in [0.15, 0.2) is 6.73 Å². The van der Waals surface area contributed by atoms with E-state index in [9.17, 15) is 10.2 Å². The van der Waals surface area contributed by atoms with Gasteiger partial charge in [0.1, 0.15) is 17.2 Å². The van der Waals surface area contributed by atoms with Crippen LogP contribution >= 0.6 is 0 Å². The number of nitrogens with zero attached hydrogens (tertiary/aromatic N) is 1. The minimum Gasteiger partial charge on any atom is -0.508 e. The Kier molecular flexibility index (Phi) is 2.48. The highest BCUT2D eigenvalue weighted by atomic mass is 16.5. The third kappa shape index (κ3) is 1.93. The first kappa shape index (κ1) is 10.8. The van der Waals surface area contributed by atoms with Crippen molar-refractivity contribution in [2.24, 2.45) is 0 Å². The van der Waals surface area contributed by atoms with Crippen LogP contribution in [-0.2, 0) is 6.54 Å². The Labute approximate surface area is 105 Å². The van der Waals surface area contributed by atoms with Crippen LogP contribution in [0.2, 0.25) is 0 Å². The van der Waals surface area contributed by atoms with E-state index in [-0.39, 0.29) is 11.5 Å². The molecule has 1 aliphatic heterocycles. The number of hydrogen-bond donors (Lipinski definition) is 2. The number of anilines is 1. The molecule has 2 aromatic rings. The zero-order valence-corrected chi connectivity index (χ0v) is 9.71. The maximum Gasteiger partial charge on any atom is 0.161 e. The first-order chi connectivity index (χ1) is 8.72. The monoisotopic (exact) mass is 243 g/mol. The SMILES string of the molecule is Oc1ccc(N2COc3cc(O)ccc3C2)cc1. The highest BCUT2D eigenvalue weighted by Crippen LogP contribution is 2.31. The molecule has 92 valence electrons. The Morgan fingerprint density at radius 3 is 2.44 bits per heavy atom. The van der Waals surface area contributed by atoms with Crippen LogP contribution in [0.15, 0.2) is 42.5 Å². The van der Waals surface area contributed by atoms with E-state index in [1.807, 2.05) is 18.2 Å². The largest absolute Gasteiger partial charge is 0.508 e. The molecule has 1 aliphatic rings. The van der Waals surface area contributed by atoms with Crippen molar-refractivity contribution in [1.29, 1.82) is 0 Å². The number of aromatic hydroxyl groups is 2. The smallest absolute Gasteiger partial charge is 0.161 e. The molecule has 0 bridgehead atoms. The van der Waals surface area contributed by atoms with Gasteiger partial charge in [-0.2, -0.15) is 0 Å². The molecule has 0 radical (unpaired) electrons. The molecule has 0 atom stereocenters. The van der Waals surface area contributed by atoms with Gasteiger partial charge in [0, 0.05) is 23.9 Å². The number of hydrogen-bond acceptors (Lipinski definition) is 4. The van der Waals surface area contributed by atoms with Gasteiger partial charge in [-0.15, -0.1) is 0 Å². The summed E-state index contributed by atoms with van der Waals surface area (Å²) in [5.74, 6) is 1.19. The van der Waals surface area contributed by atoms with Crippen LogP contribution in [0.25, 0.3) is 0 Å². The van der Waals surface area contributed by atoms with Crippen LogP contribution in [0, 0.1) is 0 Å². The Morgan fingerprint density at radius 2 is 1.67 bits per heavy atom. The van der Waals surface area contributed by atoms with Gasteiger partial charge in [-0.25, -0.2) is 0 Å². The molecule has 18 heavy (non-hydrogen) atoms. The Morgan fingerprint density at radius 1 is 0.944 bits per heavy atom. The fourth-order valence-electron chi connectivity index (χ4n) is 2.04. The van der Waals surface area contributed by atoms with Crippen molar-refractivity contribution >= 4 is 5.69 Å². The number of phenolic OH excluding ortho intramolecular Hbond substituents is 2. The van der Waals surface area contributed by atoms with E-state index in [4.69, 9.17) is 4.74 Å². The second-order valence-corrected chi connectivity index (χ2v) is 4.28. The van der Waals surface area contributed by atoms with E-state index < -0.39 is 0 Å². The second-order valence-electron chi connectivity index (χ2n) is 4.28. The van der Waals surface area contributed by atoms with Crippen molar-refractivity contribution in [3.05, 3.63) is 48.0 Å². The molecule has 0 saturated carbocycles. The molecule has 0 amide bonds. The van der Waals surface area contributed by atoms with Gasteiger partial charge < -0.3 is 19.8 Å². The molecule has 4 heteroatoms. The molecule has 2 N–H and O–H groups in total. The van der Waals surface area contributed by atoms with Crippen molar-refractivity contribution in [3.63, 3.8) is 0 Å². The zero-order valence-electron chi connectivity index (χ0n) is 9.71. The average Bonchev–Trinajstić information content (AvgIpc) is 2.39. The maximum atomic E-state index is 9.38. The molecule has 3 rings (SSSR count). The first-order valence-corrected chi connectivity index (χ1v) is 5.71. The van der Waals surface area contributed by atoms with E-state index in [0.29, 0.717) is 6.73 Å². The summed E-state index contributed by atoms with van der Waals surface area (Å²) in [5.41, 5.74) is 2.03. The van der Waals surface area contributed by atoms with Crippen LogP contribution in [0.5, 0.6) is 17.2 Å². The van der Waals surface area contributed by atoms with E-state index in [0.717, 1.165) is 23.5 Å². The first-order valence-electron chi connectivity index (χ1n) is 5.71. The van der Waals surface area contributed by atoms with Crippen molar-refractivity contribution in [2.75, 3.05) is 11.6 Å². The number of phenols is 2. The molecule has 4 nitrogen and oxygen atoms in total. The highest BCUT2D eigenvalue weighted by molar-refractivity contribution is 5.52. The third-order valence-electron chi connectivity index (χ3n) is 3.00. The molecule has 0 saturated heterocycles. The van der Waals surface area contributed by atoms with Gasteiger partial charge >= 0.3 is 0 Å². The predicted octanol–water partition coefficient (Wildman–Crippen LogP) is 2.45. The summed E-state index contributed by atoms with van der Waals surface area (Å²) in [6.45, 7) is 1.15. The third-order valence-corrected chi connectivity index (χ3v) is 3.00. The summed E-state index contributed by atoms with van der Waals surface area (Å²) in [4.78, 5) is 2.05. The number of ether oxygens (including phenoxy) is 1. The molecule has 1 heterocycles. The van der Waals surface area contributed by atoms with E-state index in [1.54, 1.807) is 24.3 Å². The molecule has 0 aliphatic carbocycles. The summed E-state index contributed by atoms with van der Waals surface area (Å²) in [6, 6.07) is 12.2. The minimum absolute atomic E-state index is 0.215. The number of rotatable bonds is 1. The highest BCUT2D eigenvalue weighted by Gasteiger charge is 2.17. The standard InChI is InChI=1S/C14H13NO3/c16-12-5-2-11(3-6-12)15-8-10-1-4-13(17)7-14(10)18-9-15/h1-7,16-17H,8-9H2. The van der Waals surface area contributed by atoms with Gasteiger partial charge in [0.2, 0.25) is 0 Å². The van der Waals surface area contributed by atoms with Crippen molar-refractivity contribution in [1.82, 2.24) is 0 Å². The van der Waals surface area contributed by atoms with E-state index in [1.165, 1.54) is 0 Å². The van der Waals surface area contributed by atoms with E-state index in [2.05, 4.69) is 4.90 Å². The minimum atomic E-state index is 0.215. The molecule has 0 fully saturated rings. The predicted molar refractivity (Wildman–Crippen MR) is 67.9 cm³/mol. The normalized spacial score (nSPS) is 13.9. The summed E-state index contributed by atoms with van der Waals surface area (Å²) in [5, 5.41) is 18.6. The summed E-state index contributed by atoms with van der Waals surface area (Å²) in [6.07, 6.45) is 0. The van der Waals surface area contributed by atoms with Crippen LogP contribution in [0.4, 0.5) is 5.69 Å². The Bertz CT molecular complexity index is 566. The lowest BCUT2D eigenvalue weighted by atomic mass is 10.1. The lowest BCUT2D eigenvalue weighted by Gasteiger charge is -2.30. The second kappa shape index (κ2) is 4.14. The van der Waals surface area contributed by atoms with Crippen LogP contribution in [0.3, 0.4) is 0 Å². The van der Waals surface area contributed by atoms with Gasteiger partial charge in [-0.05, 0) is 36.4 Å². The number of benzene rings is 2. The van der Waals surface area contributed by atoms with Crippen LogP contribution in [-0.4, -0.2) is 16.9 Å². The van der Waals surface area contributed by atoms with Gasteiger partial charge in [0.25, 0.3) is 0 Å². The molecule has 2 aromatic carbocycles. The molecule has 0 aromatic heterocycles. The Hall–Kier alpha value is -2.36. The van der Waals surface area contributed by atoms with Gasteiger partial charge in [0.05, 0.1) is 0 Å². The lowest BCUT2D eigenvalue weighted by Crippen LogP contribution is -2.31. The van der Waals surface area contributed by atoms with Crippen molar-refractivity contribution in [2.45, 2.75) is 6.54 Å². The fraction of sp³-hybridized carbons (Fsp3) is 0.143. The van der Waals surface area contributed by atoms with Gasteiger partial charge in [-0.3, -0.25) is 0 Å². The summed E-state index contributed by atoms with van der Waals surface area (Å²) in [7, 11) is 0. The average molecular weight is 243 g/mol. The molecule has 0 spiro atoms. The van der Waals surface area contributed by atoms with Crippen molar-refractivity contribution in [3.8, 4) is 17.2 Å². The fourth-order valence-corrected chi connectivity index (χ4v) is 2.04. The maximum absolute atomic E-state index is 9.38. The summed E-state index contributed by atoms with van der Waals surface area (Å²) < 4.78 is 5.60. The topological polar surface area (TPSA) is 52.9 Å². The molecular formula is C14H13NO3. The quantitative estimate of drug-likeness (QED) is 0.807. The molecular weight excluding hydrogens is 230 g/mol. The number of fused-ring (bicyclic) bond motifs is 1. The van der Waals surface area contributed by atoms with Gasteiger partial charge in [-0.1, -0.05) is 0 Å².